The second-order valence-electron chi connectivity index (χ2n) is 5.45. The van der Waals surface area contributed by atoms with Gasteiger partial charge in [0.2, 0.25) is 0 Å². The Balaban J connectivity index is 1.89. The van der Waals surface area contributed by atoms with Crippen LogP contribution in [0.4, 0.5) is 0 Å². The molecule has 1 aromatic heterocycles. The van der Waals surface area contributed by atoms with Crippen LogP contribution in [-0.2, 0) is 0 Å². The van der Waals surface area contributed by atoms with Gasteiger partial charge in [0.05, 0.1) is 12.3 Å². The molecule has 2 rings (SSSR count). The van der Waals surface area contributed by atoms with E-state index in [9.17, 15) is 0 Å². The highest BCUT2D eigenvalue weighted by molar-refractivity contribution is 5.04. The number of furan rings is 1. The summed E-state index contributed by atoms with van der Waals surface area (Å²) < 4.78 is 5.53. The molecule has 0 radical (unpaired) electrons. The molecule has 0 bridgehead atoms. The minimum absolute atomic E-state index is 0.391. The maximum Gasteiger partial charge on any atom is 0.120 e. The van der Waals surface area contributed by atoms with Crippen LogP contribution in [0.3, 0.4) is 0 Å². The van der Waals surface area contributed by atoms with Gasteiger partial charge in [0.15, 0.2) is 0 Å². The molecule has 0 saturated carbocycles. The van der Waals surface area contributed by atoms with E-state index in [1.807, 2.05) is 6.07 Å². The maximum atomic E-state index is 5.53. The Morgan fingerprint density at radius 2 is 2.39 bits per heavy atom. The molecular formula is C15H26N2O. The Labute approximate surface area is 111 Å². The van der Waals surface area contributed by atoms with Crippen LogP contribution in [0, 0.1) is 0 Å². The van der Waals surface area contributed by atoms with Crippen LogP contribution in [0.15, 0.2) is 22.8 Å². The summed E-state index contributed by atoms with van der Waals surface area (Å²) in [6.45, 7) is 9.11. The quantitative estimate of drug-likeness (QED) is 0.870. The molecule has 0 aliphatic carbocycles. The molecule has 3 heteroatoms. The smallest absolute Gasteiger partial charge is 0.120 e. The molecule has 0 amide bonds. The van der Waals surface area contributed by atoms with Crippen molar-refractivity contribution in [2.75, 3.05) is 13.1 Å². The number of hydrogen-bond acceptors (Lipinski definition) is 3. The van der Waals surface area contributed by atoms with Gasteiger partial charge in [0.1, 0.15) is 5.76 Å². The average Bonchev–Trinajstić information content (AvgIpc) is 2.89. The molecule has 3 unspecified atom stereocenters. The monoisotopic (exact) mass is 250 g/mol. The first kappa shape index (κ1) is 13.6. The lowest BCUT2D eigenvalue weighted by molar-refractivity contribution is 0.0849. The molecule has 3 atom stereocenters. The van der Waals surface area contributed by atoms with Gasteiger partial charge in [0.25, 0.3) is 0 Å². The van der Waals surface area contributed by atoms with E-state index in [-0.39, 0.29) is 0 Å². The molecule has 1 N–H and O–H groups in total. The molecule has 1 aliphatic heterocycles. The fourth-order valence-corrected chi connectivity index (χ4v) is 2.99. The largest absolute Gasteiger partial charge is 0.468 e. The molecule has 1 saturated heterocycles. The number of nitrogens with one attached hydrogen (secondary N) is 1. The summed E-state index contributed by atoms with van der Waals surface area (Å²) in [7, 11) is 0. The molecule has 3 nitrogen and oxygen atoms in total. The van der Waals surface area contributed by atoms with E-state index in [1.54, 1.807) is 6.26 Å². The summed E-state index contributed by atoms with van der Waals surface area (Å²) in [6.07, 6.45) is 5.48. The molecule has 102 valence electrons. The van der Waals surface area contributed by atoms with E-state index in [0.29, 0.717) is 18.1 Å². The van der Waals surface area contributed by atoms with E-state index >= 15 is 0 Å². The molecule has 0 aromatic carbocycles. The number of nitrogens with zero attached hydrogens (tertiary/aromatic N) is 1. The first-order valence-corrected chi connectivity index (χ1v) is 7.25. The van der Waals surface area contributed by atoms with Crippen LogP contribution in [0.5, 0.6) is 0 Å². The van der Waals surface area contributed by atoms with Crippen LogP contribution in [-0.4, -0.2) is 30.1 Å². The van der Waals surface area contributed by atoms with Gasteiger partial charge in [-0.1, -0.05) is 6.92 Å². The third-order valence-electron chi connectivity index (χ3n) is 4.06. The standard InChI is InChI=1S/C15H26N2O/c1-4-8-16-14-7-9-17(12(2)11-14)13(3)15-6-5-10-18-15/h5-6,10,12-14,16H,4,7-9,11H2,1-3H3. The first-order chi connectivity index (χ1) is 8.72. The number of piperidine rings is 1. The summed E-state index contributed by atoms with van der Waals surface area (Å²) in [5.41, 5.74) is 0. The van der Waals surface area contributed by atoms with Gasteiger partial charge in [-0.3, -0.25) is 4.90 Å². The highest BCUT2D eigenvalue weighted by Crippen LogP contribution is 2.28. The minimum atomic E-state index is 0.391. The lowest BCUT2D eigenvalue weighted by Gasteiger charge is -2.40. The van der Waals surface area contributed by atoms with Crippen molar-refractivity contribution in [3.63, 3.8) is 0 Å². The third kappa shape index (κ3) is 3.15. The van der Waals surface area contributed by atoms with Crippen molar-refractivity contribution in [1.29, 1.82) is 0 Å². The van der Waals surface area contributed by atoms with E-state index < -0.39 is 0 Å². The molecule has 1 fully saturated rings. The first-order valence-electron chi connectivity index (χ1n) is 7.25. The lowest BCUT2D eigenvalue weighted by Crippen LogP contribution is -2.48. The van der Waals surface area contributed by atoms with Crippen molar-refractivity contribution in [3.05, 3.63) is 24.2 Å². The zero-order valence-corrected chi connectivity index (χ0v) is 11.9. The van der Waals surface area contributed by atoms with E-state index in [4.69, 9.17) is 4.42 Å². The van der Waals surface area contributed by atoms with Crippen molar-refractivity contribution in [1.82, 2.24) is 10.2 Å². The maximum absolute atomic E-state index is 5.53. The number of likely N-dealkylation sites (tertiary alicyclic amines) is 1. The molecule has 1 aromatic rings. The summed E-state index contributed by atoms with van der Waals surface area (Å²) in [6, 6.07) is 5.76. The molecule has 2 heterocycles. The SMILES string of the molecule is CCCNC1CCN(C(C)c2ccco2)C(C)C1. The van der Waals surface area contributed by atoms with Gasteiger partial charge >= 0.3 is 0 Å². The highest BCUT2D eigenvalue weighted by Gasteiger charge is 2.29. The Bertz CT molecular complexity index is 336. The predicted molar refractivity (Wildman–Crippen MR) is 74.6 cm³/mol. The van der Waals surface area contributed by atoms with Crippen LogP contribution in [0.25, 0.3) is 0 Å². The summed E-state index contributed by atoms with van der Waals surface area (Å²) in [5, 5.41) is 3.65. The van der Waals surface area contributed by atoms with Crippen LogP contribution >= 0.6 is 0 Å². The Morgan fingerprint density at radius 3 is 3.00 bits per heavy atom. The van der Waals surface area contributed by atoms with Gasteiger partial charge in [-0.15, -0.1) is 0 Å². The fourth-order valence-electron chi connectivity index (χ4n) is 2.99. The average molecular weight is 250 g/mol. The Morgan fingerprint density at radius 1 is 1.56 bits per heavy atom. The zero-order valence-electron chi connectivity index (χ0n) is 11.9. The summed E-state index contributed by atoms with van der Waals surface area (Å²) >= 11 is 0. The number of hydrogen-bond donors (Lipinski definition) is 1. The lowest BCUT2D eigenvalue weighted by atomic mass is 9.96. The Hall–Kier alpha value is -0.800. The molecule has 0 spiro atoms. The van der Waals surface area contributed by atoms with Gasteiger partial charge in [-0.2, -0.15) is 0 Å². The van der Waals surface area contributed by atoms with Crippen molar-refractivity contribution in [2.24, 2.45) is 0 Å². The second kappa shape index (κ2) is 6.39. The molecular weight excluding hydrogens is 224 g/mol. The van der Waals surface area contributed by atoms with Gasteiger partial charge in [0, 0.05) is 18.6 Å². The van der Waals surface area contributed by atoms with Crippen molar-refractivity contribution in [3.8, 4) is 0 Å². The highest BCUT2D eigenvalue weighted by atomic mass is 16.3. The molecule has 18 heavy (non-hydrogen) atoms. The van der Waals surface area contributed by atoms with Crippen molar-refractivity contribution >= 4 is 0 Å². The minimum Gasteiger partial charge on any atom is -0.468 e. The topological polar surface area (TPSA) is 28.4 Å². The van der Waals surface area contributed by atoms with Gasteiger partial charge < -0.3 is 9.73 Å². The summed E-state index contributed by atoms with van der Waals surface area (Å²) in [5.74, 6) is 1.09. The predicted octanol–water partition coefficient (Wildman–Crippen LogP) is 3.19. The van der Waals surface area contributed by atoms with E-state index in [0.717, 1.165) is 18.8 Å². The van der Waals surface area contributed by atoms with Crippen molar-refractivity contribution < 1.29 is 4.42 Å². The van der Waals surface area contributed by atoms with Crippen molar-refractivity contribution in [2.45, 2.75) is 58.2 Å². The summed E-state index contributed by atoms with van der Waals surface area (Å²) in [4.78, 5) is 2.56. The zero-order chi connectivity index (χ0) is 13.0. The van der Waals surface area contributed by atoms with Crippen LogP contribution in [0.2, 0.25) is 0 Å². The normalized spacial score (nSPS) is 27.3. The van der Waals surface area contributed by atoms with Gasteiger partial charge in [-0.25, -0.2) is 0 Å². The van der Waals surface area contributed by atoms with Gasteiger partial charge in [-0.05, 0) is 51.8 Å². The van der Waals surface area contributed by atoms with E-state index in [1.165, 1.54) is 19.3 Å². The van der Waals surface area contributed by atoms with E-state index in [2.05, 4.69) is 37.1 Å². The molecule has 1 aliphatic rings. The van der Waals surface area contributed by atoms with Crippen LogP contribution < -0.4 is 5.32 Å². The fraction of sp³-hybridized carbons (Fsp3) is 0.733. The second-order valence-corrected chi connectivity index (χ2v) is 5.45. The number of rotatable bonds is 5. The third-order valence-corrected chi connectivity index (χ3v) is 4.06. The van der Waals surface area contributed by atoms with Crippen LogP contribution in [0.1, 0.15) is 51.8 Å². The Kier molecular flexibility index (Phi) is 4.84.